The van der Waals surface area contributed by atoms with Crippen molar-refractivity contribution in [3.05, 3.63) is 46.6 Å². The molecule has 1 aromatic carbocycles. The fourth-order valence-corrected chi connectivity index (χ4v) is 4.50. The van der Waals surface area contributed by atoms with Gasteiger partial charge < -0.3 is 14.2 Å². The third kappa shape index (κ3) is 6.56. The highest BCUT2D eigenvalue weighted by Gasteiger charge is 2.35. The van der Waals surface area contributed by atoms with Crippen molar-refractivity contribution in [1.29, 1.82) is 0 Å². The molecule has 0 heterocycles. The average molecular weight is 457 g/mol. The molecule has 0 amide bonds. The summed E-state index contributed by atoms with van der Waals surface area (Å²) >= 11 is 0. The largest absolute Gasteiger partial charge is 0.465 e. The van der Waals surface area contributed by atoms with Crippen LogP contribution in [0.4, 0.5) is 0 Å². The Bertz CT molecular complexity index is 956. The first-order valence-electron chi connectivity index (χ1n) is 11.6. The van der Waals surface area contributed by atoms with Crippen LogP contribution in [0.3, 0.4) is 0 Å². The molecule has 0 saturated heterocycles. The monoisotopic (exact) mass is 456 g/mol. The molecule has 1 aromatic rings. The number of carbonyl (C=O) groups excluding carboxylic acids is 3. The van der Waals surface area contributed by atoms with Crippen molar-refractivity contribution in [1.82, 2.24) is 0 Å². The Morgan fingerprint density at radius 3 is 2.30 bits per heavy atom. The number of hydrogen-bond donors (Lipinski definition) is 0. The van der Waals surface area contributed by atoms with Crippen LogP contribution in [-0.4, -0.2) is 25.0 Å². The molecule has 1 unspecified atom stereocenters. The zero-order valence-electron chi connectivity index (χ0n) is 20.7. The van der Waals surface area contributed by atoms with E-state index in [-0.39, 0.29) is 23.1 Å². The Kier molecular flexibility index (Phi) is 9.44. The number of allylic oxidation sites excluding steroid dienone is 3. The minimum absolute atomic E-state index is 0.0359. The lowest BCUT2D eigenvalue weighted by Gasteiger charge is -2.33. The zero-order chi connectivity index (χ0) is 24.7. The van der Waals surface area contributed by atoms with Gasteiger partial charge in [0.25, 0.3) is 0 Å². The molecule has 2 rings (SSSR count). The topological polar surface area (TPSA) is 78.9 Å². The van der Waals surface area contributed by atoms with E-state index in [1.54, 1.807) is 6.07 Å². The van der Waals surface area contributed by atoms with Gasteiger partial charge in [0.15, 0.2) is 5.75 Å². The van der Waals surface area contributed by atoms with Crippen LogP contribution in [0.25, 0.3) is 0 Å². The number of carbonyl (C=O) groups is 3. The number of esters is 3. The third-order valence-electron chi connectivity index (χ3n) is 6.02. The molecular weight excluding hydrogens is 420 g/mol. The van der Waals surface area contributed by atoms with Crippen LogP contribution in [0.1, 0.15) is 94.1 Å². The molecule has 2 atom stereocenters. The molecule has 6 nitrogen and oxygen atoms in total. The molecule has 0 saturated carbocycles. The van der Waals surface area contributed by atoms with Crippen LogP contribution in [-0.2, 0) is 20.7 Å². The van der Waals surface area contributed by atoms with Crippen molar-refractivity contribution in [3.63, 3.8) is 0 Å². The van der Waals surface area contributed by atoms with E-state index < -0.39 is 17.9 Å². The first-order chi connectivity index (χ1) is 15.6. The highest BCUT2D eigenvalue weighted by atomic mass is 16.6. The number of methoxy groups -OCH3 is 1. The normalized spacial score (nSPS) is 17.7. The summed E-state index contributed by atoms with van der Waals surface area (Å²) in [6, 6.07) is 1.74. The lowest BCUT2D eigenvalue weighted by Crippen LogP contribution is -2.22. The van der Waals surface area contributed by atoms with Crippen LogP contribution in [0.5, 0.6) is 11.5 Å². The van der Waals surface area contributed by atoms with E-state index in [4.69, 9.17) is 14.2 Å². The Hall–Kier alpha value is -2.89. The number of rotatable bonds is 9. The summed E-state index contributed by atoms with van der Waals surface area (Å²) in [5.41, 5.74) is 3.50. The number of ether oxygens (including phenoxy) is 3. The average Bonchev–Trinajstić information content (AvgIpc) is 2.72. The zero-order valence-corrected chi connectivity index (χ0v) is 20.7. The van der Waals surface area contributed by atoms with Gasteiger partial charge in [-0.2, -0.15) is 0 Å². The molecule has 0 fully saturated rings. The smallest absolute Gasteiger partial charge is 0.341 e. The summed E-state index contributed by atoms with van der Waals surface area (Å²) < 4.78 is 16.4. The van der Waals surface area contributed by atoms with Gasteiger partial charge >= 0.3 is 17.9 Å². The number of aryl methyl sites for hydroxylation is 1. The van der Waals surface area contributed by atoms with Crippen molar-refractivity contribution < 1.29 is 28.6 Å². The molecule has 0 spiro atoms. The number of unbranched alkanes of at least 4 members (excludes halogenated alkanes) is 2. The van der Waals surface area contributed by atoms with Gasteiger partial charge in [0.2, 0.25) is 0 Å². The predicted molar refractivity (Wildman–Crippen MR) is 128 cm³/mol. The molecular formula is C27H36O6. The molecule has 0 aromatic heterocycles. The maximum Gasteiger partial charge on any atom is 0.341 e. The Morgan fingerprint density at radius 1 is 1.09 bits per heavy atom. The van der Waals surface area contributed by atoms with E-state index in [0.717, 1.165) is 37.7 Å². The van der Waals surface area contributed by atoms with Crippen LogP contribution < -0.4 is 9.47 Å². The molecule has 1 aliphatic carbocycles. The molecule has 33 heavy (non-hydrogen) atoms. The van der Waals surface area contributed by atoms with Crippen LogP contribution in [0, 0.1) is 5.92 Å². The molecule has 0 aliphatic heterocycles. The summed E-state index contributed by atoms with van der Waals surface area (Å²) in [5.74, 6) is -1.46. The first kappa shape index (κ1) is 26.4. The van der Waals surface area contributed by atoms with E-state index in [1.165, 1.54) is 26.5 Å². The van der Waals surface area contributed by atoms with Gasteiger partial charge in [-0.15, -0.1) is 0 Å². The minimum atomic E-state index is -0.586. The summed E-state index contributed by atoms with van der Waals surface area (Å²) in [7, 11) is 1.30. The molecule has 6 heteroatoms. The Balaban J connectivity index is 2.92. The highest BCUT2D eigenvalue weighted by molar-refractivity contribution is 5.96. The van der Waals surface area contributed by atoms with Crippen LogP contribution in [0.2, 0.25) is 0 Å². The molecule has 180 valence electrons. The fourth-order valence-electron chi connectivity index (χ4n) is 4.50. The Morgan fingerprint density at radius 2 is 1.76 bits per heavy atom. The van der Waals surface area contributed by atoms with Gasteiger partial charge in [-0.25, -0.2) is 4.79 Å². The van der Waals surface area contributed by atoms with Crippen molar-refractivity contribution in [2.24, 2.45) is 5.92 Å². The SMILES string of the molecule is C=C(C)[C@@H]1CCC(C)=CC1c1c(OC(C)=O)cc(CCCCC)c(C(=O)OC)c1OC(C)=O. The summed E-state index contributed by atoms with van der Waals surface area (Å²) in [5, 5.41) is 0. The lowest BCUT2D eigenvalue weighted by atomic mass is 9.73. The standard InChI is InChI=1S/C27H36O6/c1-8-9-10-11-20-15-23(32-18(5)28)25(22-14-17(4)12-13-21(22)16(2)3)26(33-19(6)29)24(20)27(30)31-7/h14-15,21-22H,2,8-13H2,1,3-7H3/t21-,22?/m0/s1. The Labute approximate surface area is 197 Å². The second kappa shape index (κ2) is 11.8. The summed E-state index contributed by atoms with van der Waals surface area (Å²) in [6.07, 6.45) is 7.23. The van der Waals surface area contributed by atoms with Crippen LogP contribution in [0.15, 0.2) is 29.9 Å². The van der Waals surface area contributed by atoms with Gasteiger partial charge in [-0.1, -0.05) is 43.6 Å². The van der Waals surface area contributed by atoms with Crippen molar-refractivity contribution >= 4 is 17.9 Å². The van der Waals surface area contributed by atoms with E-state index in [1.807, 2.05) is 13.8 Å². The molecule has 0 bridgehead atoms. The fraction of sp³-hybridized carbons (Fsp3) is 0.519. The van der Waals surface area contributed by atoms with Gasteiger partial charge in [0, 0.05) is 25.3 Å². The quantitative estimate of drug-likeness (QED) is 0.194. The number of hydrogen-bond acceptors (Lipinski definition) is 6. The highest BCUT2D eigenvalue weighted by Crippen LogP contribution is 2.49. The van der Waals surface area contributed by atoms with Gasteiger partial charge in [-0.05, 0) is 57.1 Å². The lowest BCUT2D eigenvalue weighted by molar-refractivity contribution is -0.132. The molecule has 0 radical (unpaired) electrons. The van der Waals surface area contributed by atoms with Crippen molar-refractivity contribution in [3.8, 4) is 11.5 Å². The maximum atomic E-state index is 13.0. The van der Waals surface area contributed by atoms with E-state index >= 15 is 0 Å². The third-order valence-corrected chi connectivity index (χ3v) is 6.02. The van der Waals surface area contributed by atoms with Crippen molar-refractivity contribution in [2.75, 3.05) is 7.11 Å². The van der Waals surface area contributed by atoms with E-state index in [0.29, 0.717) is 23.3 Å². The second-order valence-electron chi connectivity index (χ2n) is 8.82. The summed E-state index contributed by atoms with van der Waals surface area (Å²) in [4.78, 5) is 37.2. The van der Waals surface area contributed by atoms with Gasteiger partial charge in [-0.3, -0.25) is 9.59 Å². The second-order valence-corrected chi connectivity index (χ2v) is 8.82. The summed E-state index contributed by atoms with van der Waals surface area (Å²) in [6.45, 7) is 12.9. The maximum absolute atomic E-state index is 13.0. The first-order valence-corrected chi connectivity index (χ1v) is 11.6. The van der Waals surface area contributed by atoms with Crippen molar-refractivity contribution in [2.45, 2.75) is 79.1 Å². The number of benzene rings is 1. The molecule has 0 N–H and O–H groups in total. The predicted octanol–water partition coefficient (Wildman–Crippen LogP) is 6.07. The molecule has 1 aliphatic rings. The minimum Gasteiger partial charge on any atom is -0.465 e. The van der Waals surface area contributed by atoms with Gasteiger partial charge in [0.1, 0.15) is 11.3 Å². The van der Waals surface area contributed by atoms with E-state index in [2.05, 4.69) is 19.6 Å². The van der Waals surface area contributed by atoms with Gasteiger partial charge in [0.05, 0.1) is 7.11 Å². The van der Waals surface area contributed by atoms with E-state index in [9.17, 15) is 14.4 Å². The van der Waals surface area contributed by atoms with Crippen LogP contribution >= 0.6 is 0 Å².